The van der Waals surface area contributed by atoms with Crippen LogP contribution < -0.4 is 10.4 Å². The topological polar surface area (TPSA) is 52.3 Å². The second-order valence-electron chi connectivity index (χ2n) is 4.94. The lowest BCUT2D eigenvalue weighted by molar-refractivity contribution is 0.418. The third kappa shape index (κ3) is 2.23. The van der Waals surface area contributed by atoms with Crippen LogP contribution in [0, 0.1) is 20.8 Å². The van der Waals surface area contributed by atoms with Gasteiger partial charge < -0.3 is 9.15 Å². The lowest BCUT2D eigenvalue weighted by Gasteiger charge is -2.10. The first-order chi connectivity index (χ1) is 10.0. The molecule has 0 radical (unpaired) electrons. The third-order valence-electron chi connectivity index (χ3n) is 3.65. The van der Waals surface area contributed by atoms with E-state index in [1.807, 2.05) is 31.4 Å². The van der Waals surface area contributed by atoms with Gasteiger partial charge in [-0.25, -0.2) is 9.78 Å². The zero-order valence-electron chi connectivity index (χ0n) is 12.3. The molecule has 3 aromatic rings. The molecule has 2 heterocycles. The Bertz CT molecular complexity index is 892. The molecular weight excluding hydrogens is 286 g/mol. The maximum absolute atomic E-state index is 11.9. The highest BCUT2D eigenvalue weighted by Crippen LogP contribution is 2.34. The van der Waals surface area contributed by atoms with Crippen molar-refractivity contribution < 1.29 is 9.15 Å². The fourth-order valence-electron chi connectivity index (χ4n) is 2.36. The minimum atomic E-state index is -0.311. The van der Waals surface area contributed by atoms with Crippen LogP contribution >= 0.6 is 11.3 Å². The summed E-state index contributed by atoms with van der Waals surface area (Å²) in [6.45, 7) is 5.63. The number of fused-ring (bicyclic) bond motifs is 1. The predicted octanol–water partition coefficient (Wildman–Crippen LogP) is 3.85. The van der Waals surface area contributed by atoms with Gasteiger partial charge in [-0.15, -0.1) is 11.3 Å². The first-order valence-corrected chi connectivity index (χ1v) is 7.43. The SMILES string of the molecule is COc1cc(-c2csc(C)n2)cc2oc(=O)c(C)c(C)c12. The number of ether oxygens (including phenoxy) is 1. The molecule has 21 heavy (non-hydrogen) atoms. The van der Waals surface area contributed by atoms with E-state index in [0.29, 0.717) is 16.9 Å². The van der Waals surface area contributed by atoms with Gasteiger partial charge in [-0.2, -0.15) is 0 Å². The molecule has 0 aliphatic carbocycles. The second-order valence-corrected chi connectivity index (χ2v) is 6.01. The van der Waals surface area contributed by atoms with Gasteiger partial charge in [-0.05, 0) is 38.5 Å². The van der Waals surface area contributed by atoms with Crippen LogP contribution in [0.4, 0.5) is 0 Å². The monoisotopic (exact) mass is 301 g/mol. The predicted molar refractivity (Wildman–Crippen MR) is 84.4 cm³/mol. The maximum atomic E-state index is 11.9. The number of methoxy groups -OCH3 is 1. The Kier molecular flexibility index (Phi) is 3.29. The lowest BCUT2D eigenvalue weighted by atomic mass is 10.0. The van der Waals surface area contributed by atoms with E-state index in [1.54, 1.807) is 25.4 Å². The van der Waals surface area contributed by atoms with Gasteiger partial charge in [-0.3, -0.25) is 0 Å². The Labute approximate surface area is 126 Å². The highest BCUT2D eigenvalue weighted by atomic mass is 32.1. The van der Waals surface area contributed by atoms with E-state index in [4.69, 9.17) is 9.15 Å². The molecule has 0 atom stereocenters. The third-order valence-corrected chi connectivity index (χ3v) is 4.42. The molecule has 0 unspecified atom stereocenters. The summed E-state index contributed by atoms with van der Waals surface area (Å²) in [6.07, 6.45) is 0. The molecule has 4 nitrogen and oxygen atoms in total. The summed E-state index contributed by atoms with van der Waals surface area (Å²) in [5.41, 5.74) is 3.46. The van der Waals surface area contributed by atoms with Crippen LogP contribution in [-0.2, 0) is 0 Å². The second kappa shape index (κ2) is 5.00. The summed E-state index contributed by atoms with van der Waals surface area (Å²) in [4.78, 5) is 16.4. The Morgan fingerprint density at radius 2 is 1.95 bits per heavy atom. The zero-order chi connectivity index (χ0) is 15.1. The van der Waals surface area contributed by atoms with Crippen molar-refractivity contribution in [2.45, 2.75) is 20.8 Å². The lowest BCUT2D eigenvalue weighted by Crippen LogP contribution is -2.06. The van der Waals surface area contributed by atoms with Crippen molar-refractivity contribution in [3.05, 3.63) is 44.1 Å². The Hall–Kier alpha value is -2.14. The van der Waals surface area contributed by atoms with Crippen LogP contribution in [-0.4, -0.2) is 12.1 Å². The minimum Gasteiger partial charge on any atom is -0.496 e. The van der Waals surface area contributed by atoms with Gasteiger partial charge in [0.1, 0.15) is 11.3 Å². The van der Waals surface area contributed by atoms with Gasteiger partial charge in [0.15, 0.2) is 0 Å². The van der Waals surface area contributed by atoms with Gasteiger partial charge in [0, 0.05) is 16.5 Å². The first kappa shape index (κ1) is 13.8. The molecule has 0 amide bonds. The molecule has 108 valence electrons. The highest BCUT2D eigenvalue weighted by Gasteiger charge is 2.15. The van der Waals surface area contributed by atoms with Crippen molar-refractivity contribution in [2.75, 3.05) is 7.11 Å². The fraction of sp³-hybridized carbons (Fsp3) is 0.250. The first-order valence-electron chi connectivity index (χ1n) is 6.56. The number of nitrogens with zero attached hydrogens (tertiary/aromatic N) is 1. The van der Waals surface area contributed by atoms with E-state index >= 15 is 0 Å². The molecule has 0 fully saturated rings. The molecule has 0 bridgehead atoms. The van der Waals surface area contributed by atoms with Gasteiger partial charge in [-0.1, -0.05) is 0 Å². The Morgan fingerprint density at radius 1 is 1.19 bits per heavy atom. The Morgan fingerprint density at radius 3 is 2.57 bits per heavy atom. The number of benzene rings is 1. The fourth-order valence-corrected chi connectivity index (χ4v) is 2.98. The Balaban J connectivity index is 2.37. The van der Waals surface area contributed by atoms with Crippen LogP contribution in [0.3, 0.4) is 0 Å². The van der Waals surface area contributed by atoms with Crippen LogP contribution in [0.1, 0.15) is 16.1 Å². The van der Waals surface area contributed by atoms with Gasteiger partial charge in [0.25, 0.3) is 0 Å². The molecule has 0 N–H and O–H groups in total. The molecule has 0 spiro atoms. The quantitative estimate of drug-likeness (QED) is 0.675. The van der Waals surface area contributed by atoms with Gasteiger partial charge >= 0.3 is 5.63 Å². The van der Waals surface area contributed by atoms with Crippen molar-refractivity contribution in [2.24, 2.45) is 0 Å². The molecule has 2 aromatic heterocycles. The number of thiazole rings is 1. The number of hydrogen-bond donors (Lipinski definition) is 0. The van der Waals surface area contributed by atoms with E-state index in [9.17, 15) is 4.79 Å². The summed E-state index contributed by atoms with van der Waals surface area (Å²) >= 11 is 1.58. The normalized spacial score (nSPS) is 11.0. The van der Waals surface area contributed by atoms with Crippen LogP contribution in [0.25, 0.3) is 22.2 Å². The van der Waals surface area contributed by atoms with Gasteiger partial charge in [0.2, 0.25) is 0 Å². The van der Waals surface area contributed by atoms with E-state index < -0.39 is 0 Å². The smallest absolute Gasteiger partial charge is 0.339 e. The molecule has 0 saturated carbocycles. The molecule has 0 aliphatic rings. The van der Waals surface area contributed by atoms with E-state index in [0.717, 1.165) is 27.2 Å². The molecule has 5 heteroatoms. The number of aryl methyl sites for hydroxylation is 2. The van der Waals surface area contributed by atoms with Gasteiger partial charge in [0.05, 0.1) is 23.2 Å². The van der Waals surface area contributed by atoms with Crippen molar-refractivity contribution in [3.8, 4) is 17.0 Å². The van der Waals surface area contributed by atoms with Crippen LogP contribution in [0.5, 0.6) is 5.75 Å². The largest absolute Gasteiger partial charge is 0.496 e. The molecule has 1 aromatic carbocycles. The van der Waals surface area contributed by atoms with Crippen LogP contribution in [0.15, 0.2) is 26.7 Å². The average molecular weight is 301 g/mol. The van der Waals surface area contributed by atoms with Crippen molar-refractivity contribution in [3.63, 3.8) is 0 Å². The highest BCUT2D eigenvalue weighted by molar-refractivity contribution is 7.09. The van der Waals surface area contributed by atoms with Crippen molar-refractivity contribution in [1.29, 1.82) is 0 Å². The summed E-state index contributed by atoms with van der Waals surface area (Å²) < 4.78 is 10.9. The molecule has 0 saturated heterocycles. The van der Waals surface area contributed by atoms with Crippen molar-refractivity contribution >= 4 is 22.3 Å². The summed E-state index contributed by atoms with van der Waals surface area (Å²) in [6, 6.07) is 3.78. The summed E-state index contributed by atoms with van der Waals surface area (Å²) in [5, 5.41) is 3.81. The molecular formula is C16H15NO3S. The summed E-state index contributed by atoms with van der Waals surface area (Å²) in [5.74, 6) is 0.692. The maximum Gasteiger partial charge on any atom is 0.339 e. The average Bonchev–Trinajstić information content (AvgIpc) is 2.90. The number of aromatic nitrogens is 1. The minimum absolute atomic E-state index is 0.311. The van der Waals surface area contributed by atoms with Crippen LogP contribution in [0.2, 0.25) is 0 Å². The molecule has 0 aliphatic heterocycles. The van der Waals surface area contributed by atoms with Crippen molar-refractivity contribution in [1.82, 2.24) is 4.98 Å². The summed E-state index contributed by atoms with van der Waals surface area (Å²) in [7, 11) is 1.62. The standard InChI is InChI=1S/C16H15NO3S/c1-8-9(2)16(18)20-14-6-11(5-13(19-4)15(8)14)12-7-21-10(3)17-12/h5-7H,1-4H3. The number of hydrogen-bond acceptors (Lipinski definition) is 5. The zero-order valence-corrected chi connectivity index (χ0v) is 13.1. The van der Waals surface area contributed by atoms with E-state index in [2.05, 4.69) is 4.98 Å². The van der Waals surface area contributed by atoms with E-state index in [-0.39, 0.29) is 5.63 Å². The number of rotatable bonds is 2. The molecule has 3 rings (SSSR count). The van der Waals surface area contributed by atoms with E-state index in [1.165, 1.54) is 0 Å².